The van der Waals surface area contributed by atoms with Gasteiger partial charge in [0, 0.05) is 25.9 Å². The number of cyclic esters (lactones) is 2. The Morgan fingerprint density at radius 2 is 1.62 bits per heavy atom. The Labute approximate surface area is 150 Å². The molecule has 1 saturated heterocycles. The van der Waals surface area contributed by atoms with E-state index in [1.54, 1.807) is 0 Å². The van der Waals surface area contributed by atoms with Gasteiger partial charge in [0.25, 0.3) is 0 Å². The van der Waals surface area contributed by atoms with E-state index in [-0.39, 0.29) is 24.3 Å². The number of hydrogen-bond donors (Lipinski definition) is 0. The highest BCUT2D eigenvalue weighted by atomic mass is 32.2. The normalized spacial score (nSPS) is 18.2. The van der Waals surface area contributed by atoms with E-state index in [4.69, 9.17) is 13.3 Å². The molecule has 0 aromatic heterocycles. The van der Waals surface area contributed by atoms with Crippen LogP contribution in [-0.4, -0.2) is 52.1 Å². The lowest BCUT2D eigenvalue weighted by Gasteiger charge is -2.28. The van der Waals surface area contributed by atoms with Crippen LogP contribution >= 0.6 is 11.8 Å². The van der Waals surface area contributed by atoms with Gasteiger partial charge < -0.3 is 18.0 Å². The third-order valence-corrected chi connectivity index (χ3v) is 7.97. The summed E-state index contributed by atoms with van der Waals surface area (Å²) in [6.07, 6.45) is 2.88. The summed E-state index contributed by atoms with van der Waals surface area (Å²) in [6.45, 7) is 7.72. The largest absolute Gasteiger partial charge is 0.500 e. The second kappa shape index (κ2) is 12.0. The highest BCUT2D eigenvalue weighted by molar-refractivity contribution is 7.99. The molecule has 0 radical (unpaired) electrons. The van der Waals surface area contributed by atoms with Gasteiger partial charge in [-0.3, -0.25) is 9.59 Å². The van der Waals surface area contributed by atoms with E-state index < -0.39 is 8.80 Å². The molecule has 0 aliphatic carbocycles. The van der Waals surface area contributed by atoms with Crippen molar-refractivity contribution in [2.75, 3.05) is 31.3 Å². The second-order valence-electron chi connectivity index (χ2n) is 5.53. The van der Waals surface area contributed by atoms with Crippen molar-refractivity contribution in [1.29, 1.82) is 0 Å². The molecule has 6 nitrogen and oxygen atoms in total. The molecule has 0 amide bonds. The minimum Gasteiger partial charge on any atom is -0.393 e. The smallest absolute Gasteiger partial charge is 0.393 e. The summed E-state index contributed by atoms with van der Waals surface area (Å²) in [5.74, 6) is 1.01. The number of thioether (sulfide) groups is 1. The van der Waals surface area contributed by atoms with Gasteiger partial charge in [-0.1, -0.05) is 0 Å². The molecule has 140 valence electrons. The molecular weight excluding hydrogens is 348 g/mol. The highest BCUT2D eigenvalue weighted by Gasteiger charge is 2.39. The lowest BCUT2D eigenvalue weighted by Crippen LogP contribution is -2.46. The Morgan fingerprint density at radius 1 is 1.04 bits per heavy atom. The quantitative estimate of drug-likeness (QED) is 0.199. The van der Waals surface area contributed by atoms with Crippen molar-refractivity contribution in [1.82, 2.24) is 0 Å². The fourth-order valence-corrected chi connectivity index (χ4v) is 6.46. The summed E-state index contributed by atoms with van der Waals surface area (Å²) in [5.41, 5.74) is 0. The van der Waals surface area contributed by atoms with Crippen LogP contribution in [0.25, 0.3) is 0 Å². The number of ether oxygens (including phenoxy) is 1. The summed E-state index contributed by atoms with van der Waals surface area (Å²) in [4.78, 5) is 22.4. The maximum absolute atomic E-state index is 11.4. The lowest BCUT2D eigenvalue weighted by molar-refractivity contribution is -0.153. The molecule has 24 heavy (non-hydrogen) atoms. The first-order chi connectivity index (χ1) is 11.6. The summed E-state index contributed by atoms with van der Waals surface area (Å²) in [7, 11) is -2.51. The van der Waals surface area contributed by atoms with Gasteiger partial charge in [-0.05, 0) is 51.5 Å². The Kier molecular flexibility index (Phi) is 10.8. The van der Waals surface area contributed by atoms with Gasteiger partial charge in [0.1, 0.15) is 0 Å². The van der Waals surface area contributed by atoms with Crippen LogP contribution in [0, 0.1) is 5.92 Å². The fraction of sp³-hybridized carbons (Fsp3) is 0.875. The summed E-state index contributed by atoms with van der Waals surface area (Å²) in [6, 6.07) is 0.832. The average molecular weight is 379 g/mol. The molecule has 1 aliphatic rings. The van der Waals surface area contributed by atoms with E-state index in [0.29, 0.717) is 19.8 Å². The molecule has 8 heteroatoms. The van der Waals surface area contributed by atoms with Crippen LogP contribution in [0.15, 0.2) is 0 Å². The van der Waals surface area contributed by atoms with Crippen LogP contribution in [0.1, 0.15) is 46.5 Å². The molecule has 0 spiro atoms. The van der Waals surface area contributed by atoms with Crippen LogP contribution in [0.2, 0.25) is 6.04 Å². The van der Waals surface area contributed by atoms with E-state index in [0.717, 1.165) is 36.8 Å². The van der Waals surface area contributed by atoms with E-state index in [1.165, 1.54) is 0 Å². The predicted molar refractivity (Wildman–Crippen MR) is 95.8 cm³/mol. The zero-order chi connectivity index (χ0) is 17.8. The zero-order valence-electron chi connectivity index (χ0n) is 15.0. The Bertz CT molecular complexity index is 376. The third kappa shape index (κ3) is 7.65. The fourth-order valence-electron chi connectivity index (χ4n) is 2.67. The van der Waals surface area contributed by atoms with Gasteiger partial charge >= 0.3 is 20.7 Å². The third-order valence-electron chi connectivity index (χ3n) is 3.67. The minimum absolute atomic E-state index is 0.230. The summed E-state index contributed by atoms with van der Waals surface area (Å²) < 4.78 is 22.0. The van der Waals surface area contributed by atoms with Crippen LogP contribution in [0.3, 0.4) is 0 Å². The average Bonchev–Trinajstić information content (AvgIpc) is 2.85. The number of esters is 2. The Hall–Kier alpha value is -0.413. The zero-order valence-corrected chi connectivity index (χ0v) is 16.8. The maximum Gasteiger partial charge on any atom is 0.500 e. The molecule has 0 saturated carbocycles. The Balaban J connectivity index is 2.16. The highest BCUT2D eigenvalue weighted by Crippen LogP contribution is 2.23. The van der Waals surface area contributed by atoms with Crippen LogP contribution in [0.5, 0.6) is 0 Å². The first kappa shape index (κ1) is 21.6. The predicted octanol–water partition coefficient (Wildman–Crippen LogP) is 3.03. The number of carbonyl (C=O) groups excluding carboxylic acids is 2. The molecule has 0 aromatic carbocycles. The van der Waals surface area contributed by atoms with Crippen LogP contribution in [-0.2, 0) is 27.6 Å². The van der Waals surface area contributed by atoms with Crippen LogP contribution < -0.4 is 0 Å². The number of rotatable bonds is 14. The molecular formula is C16H30O6SSi. The molecule has 1 rings (SSSR count). The molecule has 1 atom stereocenters. The molecule has 1 heterocycles. The molecule has 1 fully saturated rings. The second-order valence-corrected chi connectivity index (χ2v) is 9.49. The topological polar surface area (TPSA) is 71.1 Å². The van der Waals surface area contributed by atoms with Gasteiger partial charge in [0.15, 0.2) is 0 Å². The summed E-state index contributed by atoms with van der Waals surface area (Å²) in [5, 5.41) is 0. The van der Waals surface area contributed by atoms with Gasteiger partial charge in [-0.2, -0.15) is 11.8 Å². The monoisotopic (exact) mass is 378 g/mol. The van der Waals surface area contributed by atoms with Gasteiger partial charge in [-0.25, -0.2) is 0 Å². The SMILES string of the molecule is CCO[Si](CCCSCCCC1CC(=O)OC1=O)(OCC)OCC. The molecule has 1 unspecified atom stereocenters. The molecule has 1 aliphatic heterocycles. The first-order valence-electron chi connectivity index (χ1n) is 8.81. The van der Waals surface area contributed by atoms with E-state index in [1.807, 2.05) is 32.5 Å². The summed E-state index contributed by atoms with van der Waals surface area (Å²) >= 11 is 1.85. The van der Waals surface area contributed by atoms with Crippen molar-refractivity contribution < 1.29 is 27.6 Å². The van der Waals surface area contributed by atoms with Gasteiger partial charge in [0.05, 0.1) is 12.3 Å². The van der Waals surface area contributed by atoms with Gasteiger partial charge in [0.2, 0.25) is 0 Å². The van der Waals surface area contributed by atoms with Crippen LogP contribution in [0.4, 0.5) is 0 Å². The standard InChI is InChI=1S/C16H30O6SSi/c1-4-19-24(20-5-2,21-6-3)12-8-11-23-10-7-9-14-13-15(17)22-16(14)18/h14H,4-13H2,1-3H3. The van der Waals surface area contributed by atoms with E-state index in [2.05, 4.69) is 4.74 Å². The molecule has 0 N–H and O–H groups in total. The number of hydrogen-bond acceptors (Lipinski definition) is 7. The van der Waals surface area contributed by atoms with E-state index >= 15 is 0 Å². The van der Waals surface area contributed by atoms with Crippen molar-refractivity contribution >= 4 is 32.5 Å². The van der Waals surface area contributed by atoms with Crippen molar-refractivity contribution in [2.45, 2.75) is 52.5 Å². The van der Waals surface area contributed by atoms with Crippen molar-refractivity contribution in [3.05, 3.63) is 0 Å². The number of carbonyl (C=O) groups is 2. The van der Waals surface area contributed by atoms with Crippen molar-refractivity contribution in [3.63, 3.8) is 0 Å². The first-order valence-corrected chi connectivity index (χ1v) is 11.9. The molecule has 0 aromatic rings. The van der Waals surface area contributed by atoms with Gasteiger partial charge in [-0.15, -0.1) is 0 Å². The molecule has 0 bridgehead atoms. The van der Waals surface area contributed by atoms with Crippen molar-refractivity contribution in [3.8, 4) is 0 Å². The Morgan fingerprint density at radius 3 is 2.12 bits per heavy atom. The van der Waals surface area contributed by atoms with E-state index in [9.17, 15) is 9.59 Å². The maximum atomic E-state index is 11.4. The lowest BCUT2D eigenvalue weighted by atomic mass is 10.0. The minimum atomic E-state index is -2.51. The van der Waals surface area contributed by atoms with Crippen molar-refractivity contribution in [2.24, 2.45) is 5.92 Å².